The van der Waals surface area contributed by atoms with E-state index in [9.17, 15) is 19.5 Å². The van der Waals surface area contributed by atoms with E-state index < -0.39 is 5.97 Å². The average Bonchev–Trinajstić information content (AvgIpc) is 2.39. The molecule has 0 heterocycles. The number of allylic oxidation sites excluding steroid dienone is 1. The molecule has 112 valence electrons. The second-order valence-electron chi connectivity index (χ2n) is 4.50. The van der Waals surface area contributed by atoms with Crippen LogP contribution in [-0.4, -0.2) is 22.9 Å². The summed E-state index contributed by atoms with van der Waals surface area (Å²) in [5, 5.41) is 14.3. The summed E-state index contributed by atoms with van der Waals surface area (Å²) in [6.45, 7) is 4.89. The molecule has 0 aliphatic heterocycles. The van der Waals surface area contributed by atoms with Gasteiger partial charge in [0.15, 0.2) is 0 Å². The molecule has 0 aliphatic carbocycles. The van der Waals surface area contributed by atoms with Crippen LogP contribution in [0.1, 0.15) is 37.6 Å². The molecule has 6 nitrogen and oxygen atoms in total. The van der Waals surface area contributed by atoms with Crippen molar-refractivity contribution in [2.24, 2.45) is 0 Å². The Morgan fingerprint density at radius 3 is 2.38 bits per heavy atom. The zero-order valence-corrected chi connectivity index (χ0v) is 12.2. The van der Waals surface area contributed by atoms with Gasteiger partial charge in [0.2, 0.25) is 5.91 Å². The van der Waals surface area contributed by atoms with Gasteiger partial charge in [0.05, 0.1) is 11.3 Å². The summed E-state index contributed by atoms with van der Waals surface area (Å²) in [5.41, 5.74) is 0.975. The first-order valence-electron chi connectivity index (χ1n) is 6.48. The molecule has 0 fully saturated rings. The minimum atomic E-state index is -1.19. The van der Waals surface area contributed by atoms with Crippen LogP contribution in [0, 0.1) is 0 Å². The van der Waals surface area contributed by atoms with Gasteiger partial charge in [-0.3, -0.25) is 9.59 Å². The van der Waals surface area contributed by atoms with Gasteiger partial charge in [-0.15, -0.1) is 0 Å². The van der Waals surface area contributed by atoms with E-state index in [2.05, 4.69) is 10.6 Å². The van der Waals surface area contributed by atoms with Gasteiger partial charge < -0.3 is 15.7 Å². The monoisotopic (exact) mass is 290 g/mol. The molecule has 1 aromatic carbocycles. The molecule has 0 bridgehead atoms. The first-order valence-corrected chi connectivity index (χ1v) is 6.48. The summed E-state index contributed by atoms with van der Waals surface area (Å²) in [7, 11) is 0. The Bertz CT molecular complexity index is 606. The van der Waals surface area contributed by atoms with E-state index in [1.807, 2.05) is 6.92 Å². The number of amides is 2. The number of carboxylic acid groups (broad SMARTS) is 1. The van der Waals surface area contributed by atoms with Crippen LogP contribution in [0.15, 0.2) is 29.8 Å². The lowest BCUT2D eigenvalue weighted by Crippen LogP contribution is -2.16. The predicted molar refractivity (Wildman–Crippen MR) is 80.4 cm³/mol. The summed E-state index contributed by atoms with van der Waals surface area (Å²) in [4.78, 5) is 34.1. The molecule has 6 heteroatoms. The van der Waals surface area contributed by atoms with E-state index in [1.165, 1.54) is 25.1 Å². The molecular formula is C15H18N2O4. The van der Waals surface area contributed by atoms with Gasteiger partial charge in [-0.25, -0.2) is 4.79 Å². The molecule has 0 radical (unpaired) electrons. The SMILES string of the molecule is CCC=C(C)C(=O)Nc1ccc(NC(C)=O)cc1C(=O)O. The van der Waals surface area contributed by atoms with E-state index in [0.717, 1.165) is 0 Å². The molecule has 2 amide bonds. The predicted octanol–water partition coefficient (Wildman–Crippen LogP) is 2.64. The van der Waals surface area contributed by atoms with Crippen LogP contribution in [0.3, 0.4) is 0 Å². The van der Waals surface area contributed by atoms with Gasteiger partial charge in [-0.1, -0.05) is 13.0 Å². The van der Waals surface area contributed by atoms with Crippen molar-refractivity contribution in [1.29, 1.82) is 0 Å². The van der Waals surface area contributed by atoms with E-state index in [1.54, 1.807) is 13.0 Å². The lowest BCUT2D eigenvalue weighted by Gasteiger charge is -2.11. The summed E-state index contributed by atoms with van der Waals surface area (Å²) in [6.07, 6.45) is 2.47. The molecule has 0 unspecified atom stereocenters. The van der Waals surface area contributed by atoms with Crippen molar-refractivity contribution in [3.8, 4) is 0 Å². The van der Waals surface area contributed by atoms with Crippen LogP contribution < -0.4 is 10.6 Å². The highest BCUT2D eigenvalue weighted by atomic mass is 16.4. The number of rotatable bonds is 5. The van der Waals surface area contributed by atoms with Crippen molar-refractivity contribution >= 4 is 29.2 Å². The van der Waals surface area contributed by atoms with E-state index in [4.69, 9.17) is 0 Å². The Kier molecular flexibility index (Phi) is 5.66. The second-order valence-corrected chi connectivity index (χ2v) is 4.50. The molecule has 0 spiro atoms. The van der Waals surface area contributed by atoms with Crippen molar-refractivity contribution in [3.63, 3.8) is 0 Å². The Morgan fingerprint density at radius 2 is 1.86 bits per heavy atom. The summed E-state index contributed by atoms with van der Waals surface area (Å²) in [6, 6.07) is 4.28. The lowest BCUT2D eigenvalue weighted by atomic mass is 10.1. The minimum Gasteiger partial charge on any atom is -0.478 e. The number of aromatic carboxylic acids is 1. The minimum absolute atomic E-state index is 0.0844. The van der Waals surface area contributed by atoms with Crippen LogP contribution in [0.5, 0.6) is 0 Å². The zero-order chi connectivity index (χ0) is 16.0. The first-order chi connectivity index (χ1) is 9.85. The summed E-state index contributed by atoms with van der Waals surface area (Å²) >= 11 is 0. The third-order valence-corrected chi connectivity index (χ3v) is 2.69. The maximum absolute atomic E-state index is 11.9. The number of carbonyl (C=O) groups is 3. The molecule has 21 heavy (non-hydrogen) atoms. The van der Waals surface area contributed by atoms with Crippen molar-refractivity contribution in [2.75, 3.05) is 10.6 Å². The quantitative estimate of drug-likeness (QED) is 0.726. The molecule has 0 saturated heterocycles. The number of carboxylic acids is 1. The smallest absolute Gasteiger partial charge is 0.337 e. The molecule has 1 aromatic rings. The van der Waals surface area contributed by atoms with Crippen molar-refractivity contribution in [2.45, 2.75) is 27.2 Å². The maximum Gasteiger partial charge on any atom is 0.337 e. The van der Waals surface area contributed by atoms with E-state index in [-0.39, 0.29) is 23.1 Å². The Labute approximate surface area is 122 Å². The van der Waals surface area contributed by atoms with Crippen LogP contribution in [-0.2, 0) is 9.59 Å². The third kappa shape index (κ3) is 4.76. The second kappa shape index (κ2) is 7.23. The lowest BCUT2D eigenvalue weighted by molar-refractivity contribution is -0.114. The van der Waals surface area contributed by atoms with Crippen LogP contribution in [0.4, 0.5) is 11.4 Å². The zero-order valence-electron chi connectivity index (χ0n) is 12.2. The Hall–Kier alpha value is -2.63. The number of carbonyl (C=O) groups excluding carboxylic acids is 2. The fraction of sp³-hybridized carbons (Fsp3) is 0.267. The number of benzene rings is 1. The number of hydrogen-bond donors (Lipinski definition) is 3. The number of anilines is 2. The maximum atomic E-state index is 11.9. The highest BCUT2D eigenvalue weighted by Crippen LogP contribution is 2.21. The molecule has 0 aliphatic rings. The molecule has 1 rings (SSSR count). The summed E-state index contributed by atoms with van der Waals surface area (Å²) in [5.74, 6) is -1.84. The Balaban J connectivity index is 3.07. The van der Waals surface area contributed by atoms with Gasteiger partial charge in [0.1, 0.15) is 0 Å². The standard InChI is InChI=1S/C15H18N2O4/c1-4-5-9(2)14(19)17-13-7-6-11(16-10(3)18)8-12(13)15(20)21/h5-8H,4H2,1-3H3,(H,16,18)(H,17,19)(H,20,21). The summed E-state index contributed by atoms with van der Waals surface area (Å²) < 4.78 is 0. The fourth-order valence-corrected chi connectivity index (χ4v) is 1.73. The Morgan fingerprint density at radius 1 is 1.19 bits per heavy atom. The van der Waals surface area contributed by atoms with E-state index >= 15 is 0 Å². The normalized spacial score (nSPS) is 10.9. The first kappa shape index (κ1) is 16.4. The van der Waals surface area contributed by atoms with Crippen molar-refractivity contribution < 1.29 is 19.5 Å². The van der Waals surface area contributed by atoms with Gasteiger partial charge in [0, 0.05) is 18.2 Å². The largest absolute Gasteiger partial charge is 0.478 e. The molecular weight excluding hydrogens is 272 g/mol. The molecule has 3 N–H and O–H groups in total. The fourth-order valence-electron chi connectivity index (χ4n) is 1.73. The van der Waals surface area contributed by atoms with Crippen LogP contribution in [0.25, 0.3) is 0 Å². The molecule has 0 atom stereocenters. The average molecular weight is 290 g/mol. The highest BCUT2D eigenvalue weighted by molar-refractivity contribution is 6.07. The number of nitrogens with one attached hydrogen (secondary N) is 2. The van der Waals surface area contributed by atoms with Gasteiger partial charge in [0.25, 0.3) is 5.91 Å². The molecule has 0 saturated carbocycles. The van der Waals surface area contributed by atoms with Crippen molar-refractivity contribution in [3.05, 3.63) is 35.4 Å². The topological polar surface area (TPSA) is 95.5 Å². The van der Waals surface area contributed by atoms with Crippen molar-refractivity contribution in [1.82, 2.24) is 0 Å². The van der Waals surface area contributed by atoms with E-state index in [0.29, 0.717) is 17.7 Å². The van der Waals surface area contributed by atoms with Gasteiger partial charge in [-0.05, 0) is 31.5 Å². The van der Waals surface area contributed by atoms with Gasteiger partial charge >= 0.3 is 5.97 Å². The third-order valence-electron chi connectivity index (χ3n) is 2.69. The van der Waals surface area contributed by atoms with Crippen LogP contribution in [0.2, 0.25) is 0 Å². The number of hydrogen-bond acceptors (Lipinski definition) is 3. The van der Waals surface area contributed by atoms with Gasteiger partial charge in [-0.2, -0.15) is 0 Å². The van der Waals surface area contributed by atoms with Crippen LogP contribution >= 0.6 is 0 Å². The molecule has 0 aromatic heterocycles. The highest BCUT2D eigenvalue weighted by Gasteiger charge is 2.14.